The molecule has 3 rings (SSSR count). The van der Waals surface area contributed by atoms with Gasteiger partial charge >= 0.3 is 0 Å². The predicted molar refractivity (Wildman–Crippen MR) is 101 cm³/mol. The van der Waals surface area contributed by atoms with Gasteiger partial charge in [-0.05, 0) is 71.7 Å². The lowest BCUT2D eigenvalue weighted by Gasteiger charge is -2.23. The van der Waals surface area contributed by atoms with Gasteiger partial charge in [-0.15, -0.1) is 12.4 Å². The molecule has 2 amide bonds. The Labute approximate surface area is 160 Å². The number of piperidine rings is 1. The summed E-state index contributed by atoms with van der Waals surface area (Å²) in [5, 5.41) is 9.00. The van der Waals surface area contributed by atoms with Crippen LogP contribution in [0.3, 0.4) is 0 Å². The molecule has 134 valence electrons. The minimum atomic E-state index is -0.341. The zero-order valence-electron chi connectivity index (χ0n) is 13.4. The molecule has 25 heavy (non-hydrogen) atoms. The lowest BCUT2D eigenvalue weighted by molar-refractivity contribution is 0.0930. The number of furan rings is 1. The molecule has 0 radical (unpaired) electrons. The molecule has 1 unspecified atom stereocenters. The molecular weight excluding hydrogens is 410 g/mol. The number of rotatable bonds is 4. The first kappa shape index (κ1) is 19.5. The molecule has 0 saturated carbocycles. The molecule has 1 aromatic carbocycles. The molecule has 0 spiro atoms. The summed E-state index contributed by atoms with van der Waals surface area (Å²) < 4.78 is 5.70. The fraction of sp³-hybridized carbons (Fsp3) is 0.294. The largest absolute Gasteiger partial charge is 0.444 e. The molecule has 0 bridgehead atoms. The molecular formula is C17H19BrClN3O3. The summed E-state index contributed by atoms with van der Waals surface area (Å²) in [4.78, 5) is 24.2. The monoisotopic (exact) mass is 427 g/mol. The van der Waals surface area contributed by atoms with E-state index in [4.69, 9.17) is 4.42 Å². The number of anilines is 1. The number of hydrogen-bond acceptors (Lipinski definition) is 4. The second-order valence-electron chi connectivity index (χ2n) is 5.65. The minimum absolute atomic E-state index is 0. The van der Waals surface area contributed by atoms with E-state index in [1.54, 1.807) is 36.4 Å². The van der Waals surface area contributed by atoms with Gasteiger partial charge in [0, 0.05) is 23.8 Å². The SMILES string of the molecule is Cl.O=C(NC1CCCNC1)c1ccc(NC(=O)c2ccc(Br)o2)cc1. The van der Waals surface area contributed by atoms with Gasteiger partial charge in [-0.25, -0.2) is 0 Å². The van der Waals surface area contributed by atoms with E-state index in [0.717, 1.165) is 25.9 Å². The third kappa shape index (κ3) is 5.32. The van der Waals surface area contributed by atoms with E-state index < -0.39 is 0 Å². The number of amides is 2. The van der Waals surface area contributed by atoms with Crippen LogP contribution in [-0.4, -0.2) is 30.9 Å². The highest BCUT2D eigenvalue weighted by atomic mass is 79.9. The van der Waals surface area contributed by atoms with Gasteiger partial charge in [0.1, 0.15) is 0 Å². The summed E-state index contributed by atoms with van der Waals surface area (Å²) in [7, 11) is 0. The Morgan fingerprint density at radius 1 is 1.12 bits per heavy atom. The molecule has 1 fully saturated rings. The quantitative estimate of drug-likeness (QED) is 0.698. The topological polar surface area (TPSA) is 83.4 Å². The van der Waals surface area contributed by atoms with Gasteiger partial charge in [0.15, 0.2) is 10.4 Å². The van der Waals surface area contributed by atoms with Gasteiger partial charge in [-0.1, -0.05) is 0 Å². The van der Waals surface area contributed by atoms with Gasteiger partial charge in [-0.3, -0.25) is 9.59 Å². The Balaban J connectivity index is 0.00000225. The molecule has 3 N–H and O–H groups in total. The highest BCUT2D eigenvalue weighted by Crippen LogP contribution is 2.16. The number of nitrogens with one attached hydrogen (secondary N) is 3. The maximum Gasteiger partial charge on any atom is 0.291 e. The highest BCUT2D eigenvalue weighted by Gasteiger charge is 2.16. The van der Waals surface area contributed by atoms with E-state index in [-0.39, 0.29) is 36.0 Å². The molecule has 8 heteroatoms. The molecule has 1 atom stereocenters. The fourth-order valence-electron chi connectivity index (χ4n) is 2.58. The first-order valence-corrected chi connectivity index (χ1v) is 8.59. The molecule has 1 aromatic heterocycles. The van der Waals surface area contributed by atoms with Gasteiger partial charge in [0.25, 0.3) is 11.8 Å². The third-order valence-electron chi connectivity index (χ3n) is 3.83. The van der Waals surface area contributed by atoms with Crippen molar-refractivity contribution >= 4 is 45.8 Å². The van der Waals surface area contributed by atoms with Crippen LogP contribution in [0.5, 0.6) is 0 Å². The van der Waals surface area contributed by atoms with Crippen LogP contribution in [0.4, 0.5) is 5.69 Å². The normalized spacial score (nSPS) is 16.6. The summed E-state index contributed by atoms with van der Waals surface area (Å²) in [6.07, 6.45) is 2.06. The molecule has 2 heterocycles. The highest BCUT2D eigenvalue weighted by molar-refractivity contribution is 9.10. The molecule has 2 aromatic rings. The first-order chi connectivity index (χ1) is 11.6. The van der Waals surface area contributed by atoms with E-state index >= 15 is 0 Å². The van der Waals surface area contributed by atoms with Crippen molar-refractivity contribution in [2.75, 3.05) is 18.4 Å². The molecule has 1 aliphatic heterocycles. The predicted octanol–water partition coefficient (Wildman–Crippen LogP) is 3.20. The van der Waals surface area contributed by atoms with Crippen molar-refractivity contribution in [2.45, 2.75) is 18.9 Å². The zero-order valence-corrected chi connectivity index (χ0v) is 15.8. The van der Waals surface area contributed by atoms with Gasteiger partial charge < -0.3 is 20.4 Å². The maximum atomic E-state index is 12.2. The number of carbonyl (C=O) groups excluding carboxylic acids is 2. The molecule has 1 aliphatic rings. The smallest absolute Gasteiger partial charge is 0.291 e. The summed E-state index contributed by atoms with van der Waals surface area (Å²) in [5.41, 5.74) is 1.17. The maximum absolute atomic E-state index is 12.2. The summed E-state index contributed by atoms with van der Waals surface area (Å²) >= 11 is 3.16. The van der Waals surface area contributed by atoms with E-state index in [1.165, 1.54) is 0 Å². The van der Waals surface area contributed by atoms with Crippen molar-refractivity contribution in [2.24, 2.45) is 0 Å². The van der Waals surface area contributed by atoms with Crippen LogP contribution in [-0.2, 0) is 0 Å². The van der Waals surface area contributed by atoms with Gasteiger partial charge in [0.2, 0.25) is 0 Å². The number of halogens is 2. The van der Waals surface area contributed by atoms with Crippen LogP contribution >= 0.6 is 28.3 Å². The van der Waals surface area contributed by atoms with Crippen molar-refractivity contribution in [1.29, 1.82) is 0 Å². The van der Waals surface area contributed by atoms with Crippen LogP contribution in [0.25, 0.3) is 0 Å². The molecule has 0 aliphatic carbocycles. The standard InChI is InChI=1S/C17H18BrN3O3.ClH/c18-15-8-7-14(24-15)17(23)20-12-5-3-11(4-6-12)16(22)21-13-2-1-9-19-10-13;/h3-8,13,19H,1-2,9-10H2,(H,20,23)(H,21,22);1H. The van der Waals surface area contributed by atoms with Crippen LogP contribution < -0.4 is 16.0 Å². The number of benzene rings is 1. The summed E-state index contributed by atoms with van der Waals surface area (Å²) in [6, 6.07) is 10.2. The lowest BCUT2D eigenvalue weighted by Crippen LogP contribution is -2.45. The van der Waals surface area contributed by atoms with Crippen LogP contribution in [0, 0.1) is 0 Å². The second-order valence-corrected chi connectivity index (χ2v) is 6.43. The Morgan fingerprint density at radius 3 is 2.48 bits per heavy atom. The zero-order chi connectivity index (χ0) is 16.9. The molecule has 6 nitrogen and oxygen atoms in total. The number of hydrogen-bond donors (Lipinski definition) is 3. The number of carbonyl (C=O) groups is 2. The van der Waals surface area contributed by atoms with Crippen LogP contribution in [0.1, 0.15) is 33.8 Å². The second kappa shape index (κ2) is 9.03. The Hall–Kier alpha value is -1.83. The lowest BCUT2D eigenvalue weighted by atomic mass is 10.1. The fourth-order valence-corrected chi connectivity index (χ4v) is 2.88. The average Bonchev–Trinajstić information content (AvgIpc) is 3.03. The minimum Gasteiger partial charge on any atom is -0.444 e. The first-order valence-electron chi connectivity index (χ1n) is 7.80. The summed E-state index contributed by atoms with van der Waals surface area (Å²) in [6.45, 7) is 1.81. The van der Waals surface area contributed by atoms with Crippen molar-refractivity contribution < 1.29 is 14.0 Å². The third-order valence-corrected chi connectivity index (χ3v) is 4.26. The molecule has 1 saturated heterocycles. The van der Waals surface area contributed by atoms with E-state index in [1.807, 2.05) is 0 Å². The van der Waals surface area contributed by atoms with Crippen LogP contribution in [0.2, 0.25) is 0 Å². The Morgan fingerprint density at radius 2 is 1.88 bits per heavy atom. The van der Waals surface area contributed by atoms with Crippen LogP contribution in [0.15, 0.2) is 45.5 Å². The summed E-state index contributed by atoms with van der Waals surface area (Å²) in [5.74, 6) is -0.226. The van der Waals surface area contributed by atoms with E-state index in [0.29, 0.717) is 15.9 Å². The Bertz CT molecular complexity index is 727. The van der Waals surface area contributed by atoms with Crippen molar-refractivity contribution in [3.05, 3.63) is 52.4 Å². The van der Waals surface area contributed by atoms with Crippen molar-refractivity contribution in [3.8, 4) is 0 Å². The Kier molecular flexibility index (Phi) is 7.04. The van der Waals surface area contributed by atoms with Crippen molar-refractivity contribution in [3.63, 3.8) is 0 Å². The van der Waals surface area contributed by atoms with Crippen molar-refractivity contribution in [1.82, 2.24) is 10.6 Å². The van der Waals surface area contributed by atoms with Gasteiger partial charge in [-0.2, -0.15) is 0 Å². The van der Waals surface area contributed by atoms with E-state index in [2.05, 4.69) is 31.9 Å². The van der Waals surface area contributed by atoms with Gasteiger partial charge in [0.05, 0.1) is 0 Å². The van der Waals surface area contributed by atoms with E-state index in [9.17, 15) is 9.59 Å². The average molecular weight is 429 g/mol.